The summed E-state index contributed by atoms with van der Waals surface area (Å²) >= 11 is 0. The van der Waals surface area contributed by atoms with E-state index < -0.39 is 0 Å². The molecule has 5 heteroatoms. The highest BCUT2D eigenvalue weighted by molar-refractivity contribution is 5.90. The first-order valence-corrected chi connectivity index (χ1v) is 6.87. The third-order valence-corrected chi connectivity index (χ3v) is 2.66. The second-order valence-corrected chi connectivity index (χ2v) is 5.73. The molecule has 0 aromatic heterocycles. The number of carbonyl (C=O) groups excluding carboxylic acids is 1. The fraction of sp³-hybridized carbons (Fsp3) is 0.438. The van der Waals surface area contributed by atoms with Crippen LogP contribution >= 0.6 is 0 Å². The van der Waals surface area contributed by atoms with E-state index in [2.05, 4.69) is 30.8 Å². The van der Waals surface area contributed by atoms with Crippen molar-refractivity contribution in [2.75, 3.05) is 13.2 Å². The molecule has 5 nitrogen and oxygen atoms in total. The van der Waals surface area contributed by atoms with Crippen LogP contribution in [0.1, 0.15) is 43.6 Å². The van der Waals surface area contributed by atoms with Crippen LogP contribution in [-0.2, 0) is 4.74 Å². The van der Waals surface area contributed by atoms with E-state index in [-0.39, 0.29) is 17.9 Å². The van der Waals surface area contributed by atoms with Gasteiger partial charge in [0.2, 0.25) is 0 Å². The highest BCUT2D eigenvalue weighted by Gasteiger charge is 2.12. The van der Waals surface area contributed by atoms with Crippen LogP contribution in [0.5, 0.6) is 0 Å². The van der Waals surface area contributed by atoms with Gasteiger partial charge in [0.15, 0.2) is 0 Å². The van der Waals surface area contributed by atoms with Crippen molar-refractivity contribution < 1.29 is 9.53 Å². The molecule has 0 atom stereocenters. The van der Waals surface area contributed by atoms with Crippen LogP contribution in [0.3, 0.4) is 0 Å². The number of hydrogen-bond donors (Lipinski definition) is 0. The number of ether oxygens (including phenoxy) is 1. The normalized spacial score (nSPS) is 11.7. The van der Waals surface area contributed by atoms with E-state index in [1.54, 1.807) is 25.1 Å². The predicted molar refractivity (Wildman–Crippen MR) is 83.8 cm³/mol. The first kappa shape index (κ1) is 16.8. The first-order chi connectivity index (χ1) is 9.87. The summed E-state index contributed by atoms with van der Waals surface area (Å²) in [6.07, 6.45) is 2.05. The van der Waals surface area contributed by atoms with E-state index in [4.69, 9.17) is 10.3 Å². The number of rotatable bonds is 5. The molecule has 0 aliphatic rings. The average Bonchev–Trinajstić information content (AvgIpc) is 2.42. The molecule has 0 aliphatic carbocycles. The number of hydrogen-bond acceptors (Lipinski definition) is 3. The molecule has 0 heterocycles. The van der Waals surface area contributed by atoms with Gasteiger partial charge in [0.1, 0.15) is 0 Å². The van der Waals surface area contributed by atoms with Gasteiger partial charge in [-0.1, -0.05) is 44.1 Å². The van der Waals surface area contributed by atoms with Gasteiger partial charge in [-0.2, -0.15) is 0 Å². The Labute approximate surface area is 125 Å². The summed E-state index contributed by atoms with van der Waals surface area (Å²) in [7, 11) is 0. The summed E-state index contributed by atoms with van der Waals surface area (Å²) in [6, 6.07) is 7.17. The van der Waals surface area contributed by atoms with E-state index in [9.17, 15) is 4.79 Å². The minimum absolute atomic E-state index is 0.0553. The van der Waals surface area contributed by atoms with Crippen molar-refractivity contribution in [1.82, 2.24) is 0 Å². The van der Waals surface area contributed by atoms with Crippen molar-refractivity contribution in [3.05, 3.63) is 51.9 Å². The van der Waals surface area contributed by atoms with Gasteiger partial charge in [0.05, 0.1) is 18.7 Å². The summed E-state index contributed by atoms with van der Waals surface area (Å²) in [5.74, 6) is -0.349. The summed E-state index contributed by atoms with van der Waals surface area (Å²) in [6.45, 7) is 8.57. The molecule has 0 radical (unpaired) electrons. The van der Waals surface area contributed by atoms with Gasteiger partial charge in [-0.15, -0.1) is 0 Å². The molecule has 0 spiro atoms. The zero-order valence-electron chi connectivity index (χ0n) is 13.0. The largest absolute Gasteiger partial charge is 0.462 e. The number of allylic oxidation sites excluding steroid dienone is 1. The molecule has 0 unspecified atom stereocenters. The molecular weight excluding hydrogens is 266 g/mol. The number of nitrogens with zero attached hydrogens (tertiary/aromatic N) is 3. The lowest BCUT2D eigenvalue weighted by Crippen LogP contribution is -2.06. The van der Waals surface area contributed by atoms with Gasteiger partial charge < -0.3 is 4.74 Å². The average molecular weight is 287 g/mol. The van der Waals surface area contributed by atoms with Crippen LogP contribution in [0, 0.1) is 5.41 Å². The maximum Gasteiger partial charge on any atom is 0.338 e. The SMILES string of the molecule is CCOC(=O)c1cccc(/C(=C/C(C)(C)C)CN=[N+]=[N-])c1. The van der Waals surface area contributed by atoms with Crippen LogP contribution in [0.25, 0.3) is 16.0 Å². The van der Waals surface area contributed by atoms with Gasteiger partial charge in [-0.3, -0.25) is 0 Å². The molecule has 0 saturated carbocycles. The Morgan fingerprint density at radius 3 is 2.62 bits per heavy atom. The second-order valence-electron chi connectivity index (χ2n) is 5.73. The third-order valence-electron chi connectivity index (χ3n) is 2.66. The second kappa shape index (κ2) is 7.50. The van der Waals surface area contributed by atoms with E-state index >= 15 is 0 Å². The minimum Gasteiger partial charge on any atom is -0.462 e. The van der Waals surface area contributed by atoms with Gasteiger partial charge >= 0.3 is 5.97 Å². The van der Waals surface area contributed by atoms with Crippen LogP contribution in [0.4, 0.5) is 0 Å². The smallest absolute Gasteiger partial charge is 0.338 e. The summed E-state index contributed by atoms with van der Waals surface area (Å²) < 4.78 is 5.00. The minimum atomic E-state index is -0.349. The van der Waals surface area contributed by atoms with Crippen LogP contribution in [0.15, 0.2) is 35.5 Å². The topological polar surface area (TPSA) is 75.1 Å². The Balaban J connectivity index is 3.19. The highest BCUT2D eigenvalue weighted by Crippen LogP contribution is 2.25. The highest BCUT2D eigenvalue weighted by atomic mass is 16.5. The summed E-state index contributed by atoms with van der Waals surface area (Å²) in [4.78, 5) is 14.6. The maximum absolute atomic E-state index is 11.8. The van der Waals surface area contributed by atoms with E-state index in [1.165, 1.54) is 0 Å². The molecule has 0 fully saturated rings. The number of benzene rings is 1. The number of carbonyl (C=O) groups is 1. The molecule has 112 valence electrons. The van der Waals surface area contributed by atoms with Gasteiger partial charge in [0.25, 0.3) is 0 Å². The van der Waals surface area contributed by atoms with Gasteiger partial charge in [-0.25, -0.2) is 4.79 Å². The van der Waals surface area contributed by atoms with E-state index in [1.807, 2.05) is 12.1 Å². The van der Waals surface area contributed by atoms with Gasteiger partial charge in [-0.05, 0) is 41.1 Å². The molecule has 0 bridgehead atoms. The molecule has 1 rings (SSSR count). The van der Waals surface area contributed by atoms with E-state index in [0.29, 0.717) is 12.2 Å². The van der Waals surface area contributed by atoms with Crippen molar-refractivity contribution in [1.29, 1.82) is 0 Å². The zero-order valence-corrected chi connectivity index (χ0v) is 13.0. The lowest BCUT2D eigenvalue weighted by atomic mass is 9.90. The predicted octanol–water partition coefficient (Wildman–Crippen LogP) is 4.60. The standard InChI is InChI=1S/C16H21N3O2/c1-5-21-15(20)13-8-6-7-12(9-13)14(11-18-19-17)10-16(2,3)4/h6-10H,5,11H2,1-4H3/b14-10+. The molecule has 1 aromatic rings. The maximum atomic E-state index is 11.8. The van der Waals surface area contributed by atoms with Gasteiger partial charge in [0, 0.05) is 4.91 Å². The lowest BCUT2D eigenvalue weighted by Gasteiger charge is -2.16. The van der Waals surface area contributed by atoms with E-state index in [0.717, 1.165) is 11.1 Å². The fourth-order valence-corrected chi connectivity index (χ4v) is 1.91. The molecule has 0 saturated heterocycles. The molecule has 1 aromatic carbocycles. The Morgan fingerprint density at radius 2 is 2.05 bits per heavy atom. The summed E-state index contributed by atoms with van der Waals surface area (Å²) in [5.41, 5.74) is 10.7. The lowest BCUT2D eigenvalue weighted by molar-refractivity contribution is 0.0526. The quantitative estimate of drug-likeness (QED) is 0.343. The Hall–Kier alpha value is -2.26. The molecule has 0 amide bonds. The molecule has 0 N–H and O–H groups in total. The fourth-order valence-electron chi connectivity index (χ4n) is 1.91. The van der Waals surface area contributed by atoms with Crippen LogP contribution < -0.4 is 0 Å². The van der Waals surface area contributed by atoms with Crippen molar-refractivity contribution in [2.45, 2.75) is 27.7 Å². The molecular formula is C16H21N3O2. The monoisotopic (exact) mass is 287 g/mol. The molecule has 0 aliphatic heterocycles. The van der Waals surface area contributed by atoms with Crippen molar-refractivity contribution in [2.24, 2.45) is 10.5 Å². The van der Waals surface area contributed by atoms with Crippen molar-refractivity contribution >= 4 is 11.5 Å². The third kappa shape index (κ3) is 5.71. The Bertz CT molecular complexity index is 579. The van der Waals surface area contributed by atoms with Crippen molar-refractivity contribution in [3.63, 3.8) is 0 Å². The van der Waals surface area contributed by atoms with Crippen LogP contribution in [-0.4, -0.2) is 19.1 Å². The zero-order chi connectivity index (χ0) is 15.9. The Morgan fingerprint density at radius 1 is 1.38 bits per heavy atom. The molecule has 21 heavy (non-hydrogen) atoms. The number of azide groups is 1. The number of esters is 1. The first-order valence-electron chi connectivity index (χ1n) is 6.87. The van der Waals surface area contributed by atoms with Crippen molar-refractivity contribution in [3.8, 4) is 0 Å². The Kier molecular flexibility index (Phi) is 6.00. The summed E-state index contributed by atoms with van der Waals surface area (Å²) in [5, 5.41) is 3.64. The van der Waals surface area contributed by atoms with Crippen LogP contribution in [0.2, 0.25) is 0 Å².